The van der Waals surface area contributed by atoms with E-state index in [2.05, 4.69) is 4.98 Å². The zero-order chi connectivity index (χ0) is 16.4. The fraction of sp³-hybridized carbons (Fsp3) is 0.333. The van der Waals surface area contributed by atoms with Gasteiger partial charge < -0.3 is 9.80 Å². The van der Waals surface area contributed by atoms with Crippen molar-refractivity contribution in [1.82, 2.24) is 9.88 Å². The predicted octanol–water partition coefficient (Wildman–Crippen LogP) is 3.12. The van der Waals surface area contributed by atoms with Gasteiger partial charge in [0.2, 0.25) is 0 Å². The van der Waals surface area contributed by atoms with Gasteiger partial charge in [-0.25, -0.2) is 4.98 Å². The maximum Gasteiger partial charge on any atom is 0.417 e. The standard InChI is InChI=1S/C15H14F3N3OS/c16-15(17,18)11-3-4-13(19-10-11)20-5-7-21(8-6-20)14(22)12-2-1-9-23-12/h1-4,9-10H,5-8H2. The summed E-state index contributed by atoms with van der Waals surface area (Å²) >= 11 is 1.40. The van der Waals surface area contributed by atoms with Crippen LogP contribution < -0.4 is 4.90 Å². The molecule has 0 atom stereocenters. The van der Waals surface area contributed by atoms with Gasteiger partial charge in [-0.15, -0.1) is 11.3 Å². The van der Waals surface area contributed by atoms with E-state index in [0.29, 0.717) is 36.9 Å². The fourth-order valence-corrected chi connectivity index (χ4v) is 3.13. The lowest BCUT2D eigenvalue weighted by Crippen LogP contribution is -2.48. The first-order valence-corrected chi connectivity index (χ1v) is 7.94. The van der Waals surface area contributed by atoms with Crippen molar-refractivity contribution in [3.8, 4) is 0 Å². The first kappa shape index (κ1) is 15.8. The molecule has 1 fully saturated rings. The van der Waals surface area contributed by atoms with Gasteiger partial charge in [-0.1, -0.05) is 6.07 Å². The number of carbonyl (C=O) groups is 1. The number of pyridine rings is 1. The van der Waals surface area contributed by atoms with Crippen LogP contribution in [0.5, 0.6) is 0 Å². The Balaban J connectivity index is 1.62. The van der Waals surface area contributed by atoms with E-state index in [1.54, 1.807) is 11.0 Å². The van der Waals surface area contributed by atoms with Crippen molar-refractivity contribution in [3.05, 3.63) is 46.3 Å². The number of piperazine rings is 1. The molecule has 8 heteroatoms. The number of amides is 1. The van der Waals surface area contributed by atoms with Crippen LogP contribution in [0.1, 0.15) is 15.2 Å². The van der Waals surface area contributed by atoms with Gasteiger partial charge in [-0.3, -0.25) is 4.79 Å². The van der Waals surface area contributed by atoms with E-state index in [4.69, 9.17) is 0 Å². The third kappa shape index (κ3) is 3.47. The van der Waals surface area contributed by atoms with Gasteiger partial charge in [0, 0.05) is 32.4 Å². The van der Waals surface area contributed by atoms with E-state index in [1.165, 1.54) is 17.4 Å². The highest BCUT2D eigenvalue weighted by Gasteiger charge is 2.31. The molecule has 2 aromatic rings. The molecule has 0 bridgehead atoms. The Kier molecular flexibility index (Phi) is 4.25. The van der Waals surface area contributed by atoms with Gasteiger partial charge in [0.1, 0.15) is 5.82 Å². The minimum absolute atomic E-state index is 0.0000264. The molecule has 122 valence electrons. The summed E-state index contributed by atoms with van der Waals surface area (Å²) in [6.07, 6.45) is -3.53. The largest absolute Gasteiger partial charge is 0.417 e. The molecule has 23 heavy (non-hydrogen) atoms. The Morgan fingerprint density at radius 1 is 1.13 bits per heavy atom. The molecule has 0 aliphatic carbocycles. The third-order valence-corrected chi connectivity index (χ3v) is 4.56. The Bertz CT molecular complexity index is 662. The second-order valence-corrected chi connectivity index (χ2v) is 6.11. The summed E-state index contributed by atoms with van der Waals surface area (Å²) in [6, 6.07) is 6.03. The van der Waals surface area contributed by atoms with Crippen LogP contribution >= 0.6 is 11.3 Å². The van der Waals surface area contributed by atoms with E-state index < -0.39 is 11.7 Å². The number of alkyl halides is 3. The third-order valence-electron chi connectivity index (χ3n) is 3.70. The summed E-state index contributed by atoms with van der Waals surface area (Å²) < 4.78 is 37.6. The minimum Gasteiger partial charge on any atom is -0.353 e. The van der Waals surface area contributed by atoms with E-state index in [9.17, 15) is 18.0 Å². The molecule has 4 nitrogen and oxygen atoms in total. The maximum atomic E-state index is 12.5. The van der Waals surface area contributed by atoms with E-state index in [1.807, 2.05) is 16.3 Å². The molecule has 1 saturated heterocycles. The van der Waals surface area contributed by atoms with Crippen molar-refractivity contribution in [1.29, 1.82) is 0 Å². The van der Waals surface area contributed by atoms with Crippen molar-refractivity contribution >= 4 is 23.1 Å². The smallest absolute Gasteiger partial charge is 0.353 e. The molecular formula is C15H14F3N3OS. The average molecular weight is 341 g/mol. The number of anilines is 1. The highest BCUT2D eigenvalue weighted by Crippen LogP contribution is 2.29. The number of aromatic nitrogens is 1. The van der Waals surface area contributed by atoms with Crippen molar-refractivity contribution < 1.29 is 18.0 Å². The van der Waals surface area contributed by atoms with Crippen LogP contribution in [0.4, 0.5) is 19.0 Å². The maximum absolute atomic E-state index is 12.5. The van der Waals surface area contributed by atoms with Gasteiger partial charge >= 0.3 is 6.18 Å². The SMILES string of the molecule is O=C(c1cccs1)N1CCN(c2ccc(C(F)(F)F)cn2)CC1. The number of rotatable bonds is 2. The van der Waals surface area contributed by atoms with Crippen LogP contribution in [-0.4, -0.2) is 42.0 Å². The highest BCUT2D eigenvalue weighted by molar-refractivity contribution is 7.12. The zero-order valence-corrected chi connectivity index (χ0v) is 12.9. The van der Waals surface area contributed by atoms with Gasteiger partial charge in [-0.05, 0) is 23.6 Å². The Hall–Kier alpha value is -2.09. The molecule has 3 heterocycles. The number of hydrogen-bond acceptors (Lipinski definition) is 4. The minimum atomic E-state index is -4.38. The zero-order valence-electron chi connectivity index (χ0n) is 12.1. The van der Waals surface area contributed by atoms with Crippen LogP contribution in [0.25, 0.3) is 0 Å². The summed E-state index contributed by atoms with van der Waals surface area (Å²) in [5, 5.41) is 1.86. The second-order valence-electron chi connectivity index (χ2n) is 5.16. The van der Waals surface area contributed by atoms with Crippen molar-refractivity contribution in [2.24, 2.45) is 0 Å². The van der Waals surface area contributed by atoms with Gasteiger partial charge in [-0.2, -0.15) is 13.2 Å². The lowest BCUT2D eigenvalue weighted by atomic mass is 10.2. The molecule has 0 saturated carbocycles. The average Bonchev–Trinajstić information content (AvgIpc) is 3.08. The first-order valence-electron chi connectivity index (χ1n) is 7.06. The van der Waals surface area contributed by atoms with Crippen LogP contribution in [0, 0.1) is 0 Å². The van der Waals surface area contributed by atoms with Crippen LogP contribution in [-0.2, 0) is 6.18 Å². The number of carbonyl (C=O) groups excluding carboxylic acids is 1. The predicted molar refractivity (Wildman–Crippen MR) is 81.7 cm³/mol. The number of thiophene rings is 1. The molecule has 1 aliphatic rings. The van der Waals surface area contributed by atoms with Gasteiger partial charge in [0.25, 0.3) is 5.91 Å². The summed E-state index contributed by atoms with van der Waals surface area (Å²) in [5.41, 5.74) is -0.757. The fourth-order valence-electron chi connectivity index (χ4n) is 2.44. The van der Waals surface area contributed by atoms with Crippen LogP contribution in [0.2, 0.25) is 0 Å². The molecule has 0 spiro atoms. The lowest BCUT2D eigenvalue weighted by Gasteiger charge is -2.35. The normalized spacial score (nSPS) is 15.8. The van der Waals surface area contributed by atoms with Gasteiger partial charge in [0.15, 0.2) is 0 Å². The lowest BCUT2D eigenvalue weighted by molar-refractivity contribution is -0.137. The Morgan fingerprint density at radius 2 is 1.87 bits per heavy atom. The molecular weight excluding hydrogens is 327 g/mol. The van der Waals surface area contributed by atoms with Gasteiger partial charge in [0.05, 0.1) is 10.4 Å². The first-order chi connectivity index (χ1) is 10.9. The summed E-state index contributed by atoms with van der Waals surface area (Å²) in [6.45, 7) is 2.16. The molecule has 1 aliphatic heterocycles. The molecule has 1 amide bonds. The van der Waals surface area contributed by atoms with E-state index in [0.717, 1.165) is 12.3 Å². The van der Waals surface area contributed by atoms with Crippen molar-refractivity contribution in [2.75, 3.05) is 31.1 Å². The topological polar surface area (TPSA) is 36.4 Å². The van der Waals surface area contributed by atoms with Crippen molar-refractivity contribution in [3.63, 3.8) is 0 Å². The van der Waals surface area contributed by atoms with Crippen molar-refractivity contribution in [2.45, 2.75) is 6.18 Å². The molecule has 0 aromatic carbocycles. The Morgan fingerprint density at radius 3 is 2.39 bits per heavy atom. The number of nitrogens with zero attached hydrogens (tertiary/aromatic N) is 3. The summed E-state index contributed by atoms with van der Waals surface area (Å²) in [4.78, 5) is 20.5. The quantitative estimate of drug-likeness (QED) is 0.842. The summed E-state index contributed by atoms with van der Waals surface area (Å²) in [5.74, 6) is 0.501. The number of hydrogen-bond donors (Lipinski definition) is 0. The molecule has 0 unspecified atom stereocenters. The van der Waals surface area contributed by atoms with Crippen LogP contribution in [0.15, 0.2) is 35.8 Å². The van der Waals surface area contributed by atoms with E-state index in [-0.39, 0.29) is 5.91 Å². The Labute approximate surface area is 135 Å². The van der Waals surface area contributed by atoms with E-state index >= 15 is 0 Å². The van der Waals surface area contributed by atoms with Crippen LogP contribution in [0.3, 0.4) is 0 Å². The molecule has 2 aromatic heterocycles. The summed E-state index contributed by atoms with van der Waals surface area (Å²) in [7, 11) is 0. The second kappa shape index (κ2) is 6.19. The molecule has 0 N–H and O–H groups in total. The monoisotopic (exact) mass is 341 g/mol. The number of halogens is 3. The highest BCUT2D eigenvalue weighted by atomic mass is 32.1. The molecule has 0 radical (unpaired) electrons. The molecule has 3 rings (SSSR count).